The molecule has 21 heavy (non-hydrogen) atoms. The predicted octanol–water partition coefficient (Wildman–Crippen LogP) is 4.49. The molecule has 0 aromatic heterocycles. The molecule has 1 atom stereocenters. The zero-order valence-electron chi connectivity index (χ0n) is 11.7. The smallest absolute Gasteiger partial charge is 0.251 e. The van der Waals surface area contributed by atoms with Crippen LogP contribution in [-0.2, 0) is 0 Å². The maximum Gasteiger partial charge on any atom is 0.251 e. The normalized spacial score (nSPS) is 11.8. The fourth-order valence-electron chi connectivity index (χ4n) is 1.89. The number of carbonyl (C=O) groups excluding carboxylic acids is 1. The summed E-state index contributed by atoms with van der Waals surface area (Å²) in [4.78, 5) is 12.2. The molecule has 1 amide bonds. The van der Waals surface area contributed by atoms with E-state index in [1.807, 2.05) is 31.2 Å². The first kappa shape index (κ1) is 15.7. The summed E-state index contributed by atoms with van der Waals surface area (Å²) in [6.07, 6.45) is 0. The monoisotopic (exact) mass is 323 g/mol. The van der Waals surface area contributed by atoms with Gasteiger partial charge < -0.3 is 10.1 Å². The van der Waals surface area contributed by atoms with E-state index < -0.39 is 0 Å². The molecular formula is C16H15Cl2NO2. The number of rotatable bonds is 4. The molecule has 0 spiro atoms. The van der Waals surface area contributed by atoms with Gasteiger partial charge in [-0.25, -0.2) is 0 Å². The maximum absolute atomic E-state index is 12.2. The minimum absolute atomic E-state index is 0.127. The number of halogens is 2. The van der Waals surface area contributed by atoms with Crippen LogP contribution in [0, 0.1) is 0 Å². The van der Waals surface area contributed by atoms with E-state index in [9.17, 15) is 4.79 Å². The lowest BCUT2D eigenvalue weighted by atomic mass is 10.1. The number of amides is 1. The highest BCUT2D eigenvalue weighted by atomic mass is 35.5. The molecule has 5 heteroatoms. The third-order valence-electron chi connectivity index (χ3n) is 3.15. The summed E-state index contributed by atoms with van der Waals surface area (Å²) in [6, 6.07) is 12.2. The molecule has 110 valence electrons. The molecule has 0 saturated carbocycles. The molecule has 3 nitrogen and oxygen atoms in total. The Labute approximate surface area is 133 Å². The molecule has 0 aliphatic carbocycles. The number of hydrogen-bond donors (Lipinski definition) is 1. The Balaban J connectivity index is 2.08. The lowest BCUT2D eigenvalue weighted by Crippen LogP contribution is -2.26. The second-order valence-corrected chi connectivity index (χ2v) is 5.41. The van der Waals surface area contributed by atoms with Crippen LogP contribution in [0.4, 0.5) is 0 Å². The molecule has 0 radical (unpaired) electrons. The average molecular weight is 324 g/mol. The van der Waals surface area contributed by atoms with Gasteiger partial charge in [-0.05, 0) is 42.8 Å². The van der Waals surface area contributed by atoms with E-state index in [1.54, 1.807) is 25.3 Å². The Bertz CT molecular complexity index is 641. The second kappa shape index (κ2) is 6.83. The molecular weight excluding hydrogens is 309 g/mol. The topological polar surface area (TPSA) is 38.3 Å². The van der Waals surface area contributed by atoms with Crippen LogP contribution >= 0.6 is 23.2 Å². The maximum atomic E-state index is 12.2. The summed E-state index contributed by atoms with van der Waals surface area (Å²) in [5.41, 5.74) is 1.47. The van der Waals surface area contributed by atoms with Gasteiger partial charge in [0.1, 0.15) is 5.75 Å². The van der Waals surface area contributed by atoms with E-state index in [1.165, 1.54) is 0 Å². The molecule has 2 rings (SSSR count). The quantitative estimate of drug-likeness (QED) is 0.900. The molecule has 0 aliphatic rings. The van der Waals surface area contributed by atoms with Crippen molar-refractivity contribution in [3.8, 4) is 5.75 Å². The summed E-state index contributed by atoms with van der Waals surface area (Å²) < 4.78 is 5.11. The van der Waals surface area contributed by atoms with Crippen LogP contribution in [0.3, 0.4) is 0 Å². The molecule has 2 aromatic rings. The standard InChI is InChI=1S/C16H15Cl2NO2/c1-10(11-3-6-13(21-2)7-4-11)19-16(20)12-5-8-14(17)15(18)9-12/h3-10H,1-2H3,(H,19,20)/t10-/m0/s1. The van der Waals surface area contributed by atoms with Gasteiger partial charge in [0.05, 0.1) is 23.2 Å². The van der Waals surface area contributed by atoms with E-state index in [-0.39, 0.29) is 11.9 Å². The van der Waals surface area contributed by atoms with Gasteiger partial charge in [-0.2, -0.15) is 0 Å². The number of carbonyl (C=O) groups is 1. The molecule has 2 aromatic carbocycles. The Morgan fingerprint density at radius 3 is 2.33 bits per heavy atom. The van der Waals surface area contributed by atoms with Gasteiger partial charge in [0.2, 0.25) is 0 Å². The largest absolute Gasteiger partial charge is 0.497 e. The zero-order valence-corrected chi connectivity index (χ0v) is 13.2. The number of hydrogen-bond acceptors (Lipinski definition) is 2. The Hall–Kier alpha value is -1.71. The van der Waals surface area contributed by atoms with Crippen molar-refractivity contribution in [1.29, 1.82) is 0 Å². The van der Waals surface area contributed by atoms with Gasteiger partial charge in [-0.3, -0.25) is 4.79 Å². The molecule has 0 aliphatic heterocycles. The zero-order chi connectivity index (χ0) is 15.4. The Morgan fingerprint density at radius 2 is 1.76 bits per heavy atom. The predicted molar refractivity (Wildman–Crippen MR) is 85.3 cm³/mol. The van der Waals surface area contributed by atoms with Crippen LogP contribution in [0.25, 0.3) is 0 Å². The van der Waals surface area contributed by atoms with Crippen molar-refractivity contribution in [2.24, 2.45) is 0 Å². The molecule has 0 bridgehead atoms. The minimum Gasteiger partial charge on any atom is -0.497 e. The lowest BCUT2D eigenvalue weighted by Gasteiger charge is -2.15. The Kier molecular flexibility index (Phi) is 5.10. The molecule has 0 unspecified atom stereocenters. The van der Waals surface area contributed by atoms with E-state index >= 15 is 0 Å². The number of nitrogens with one attached hydrogen (secondary N) is 1. The molecule has 0 fully saturated rings. The van der Waals surface area contributed by atoms with Gasteiger partial charge >= 0.3 is 0 Å². The molecule has 0 saturated heterocycles. The van der Waals surface area contributed by atoms with Crippen LogP contribution in [0.2, 0.25) is 10.0 Å². The van der Waals surface area contributed by atoms with E-state index in [0.29, 0.717) is 15.6 Å². The SMILES string of the molecule is COc1ccc([C@H](C)NC(=O)c2ccc(Cl)c(Cl)c2)cc1. The van der Waals surface area contributed by atoms with E-state index in [2.05, 4.69) is 5.32 Å². The fourth-order valence-corrected chi connectivity index (χ4v) is 2.19. The van der Waals surface area contributed by atoms with Crippen molar-refractivity contribution < 1.29 is 9.53 Å². The third-order valence-corrected chi connectivity index (χ3v) is 3.88. The first-order valence-electron chi connectivity index (χ1n) is 6.41. The van der Waals surface area contributed by atoms with Gasteiger partial charge in [0.25, 0.3) is 5.91 Å². The lowest BCUT2D eigenvalue weighted by molar-refractivity contribution is 0.0940. The first-order valence-corrected chi connectivity index (χ1v) is 7.16. The van der Waals surface area contributed by atoms with Crippen molar-refractivity contribution in [2.75, 3.05) is 7.11 Å². The van der Waals surface area contributed by atoms with E-state index in [0.717, 1.165) is 11.3 Å². The van der Waals surface area contributed by atoms with Crippen LogP contribution in [-0.4, -0.2) is 13.0 Å². The molecule has 0 heterocycles. The molecule has 1 N–H and O–H groups in total. The minimum atomic E-state index is -0.197. The highest BCUT2D eigenvalue weighted by Gasteiger charge is 2.12. The van der Waals surface area contributed by atoms with Crippen molar-refractivity contribution in [3.05, 3.63) is 63.6 Å². The highest BCUT2D eigenvalue weighted by Crippen LogP contribution is 2.23. The van der Waals surface area contributed by atoms with Crippen LogP contribution in [0.15, 0.2) is 42.5 Å². The van der Waals surface area contributed by atoms with Gasteiger partial charge in [-0.15, -0.1) is 0 Å². The third kappa shape index (κ3) is 3.90. The van der Waals surface area contributed by atoms with Crippen LogP contribution in [0.5, 0.6) is 5.75 Å². The number of methoxy groups -OCH3 is 1. The van der Waals surface area contributed by atoms with E-state index in [4.69, 9.17) is 27.9 Å². The summed E-state index contributed by atoms with van der Waals surface area (Å²) in [5, 5.41) is 3.70. The van der Waals surface area contributed by atoms with Crippen molar-refractivity contribution >= 4 is 29.1 Å². The van der Waals surface area contributed by atoms with Crippen LogP contribution < -0.4 is 10.1 Å². The number of benzene rings is 2. The summed E-state index contributed by atoms with van der Waals surface area (Å²) in [7, 11) is 1.62. The highest BCUT2D eigenvalue weighted by molar-refractivity contribution is 6.42. The van der Waals surface area contributed by atoms with Crippen LogP contribution in [0.1, 0.15) is 28.9 Å². The van der Waals surface area contributed by atoms with Gasteiger partial charge in [0.15, 0.2) is 0 Å². The number of ether oxygens (including phenoxy) is 1. The van der Waals surface area contributed by atoms with Gasteiger partial charge in [-0.1, -0.05) is 35.3 Å². The van der Waals surface area contributed by atoms with Gasteiger partial charge in [0, 0.05) is 5.56 Å². The summed E-state index contributed by atoms with van der Waals surface area (Å²) in [6.45, 7) is 1.91. The van der Waals surface area contributed by atoms with Crippen molar-refractivity contribution in [3.63, 3.8) is 0 Å². The Morgan fingerprint density at radius 1 is 1.10 bits per heavy atom. The summed E-state index contributed by atoms with van der Waals surface area (Å²) in [5.74, 6) is 0.582. The second-order valence-electron chi connectivity index (χ2n) is 4.60. The average Bonchev–Trinajstić information content (AvgIpc) is 2.50. The summed E-state index contributed by atoms with van der Waals surface area (Å²) >= 11 is 11.8. The first-order chi connectivity index (χ1) is 10.0. The fraction of sp³-hybridized carbons (Fsp3) is 0.188. The van der Waals surface area contributed by atoms with Crippen molar-refractivity contribution in [2.45, 2.75) is 13.0 Å². The van der Waals surface area contributed by atoms with Crippen molar-refractivity contribution in [1.82, 2.24) is 5.32 Å².